The van der Waals surface area contributed by atoms with Crippen molar-refractivity contribution in [2.45, 2.75) is 13.5 Å². The van der Waals surface area contributed by atoms with E-state index in [1.165, 1.54) is 17.4 Å². The van der Waals surface area contributed by atoms with Crippen molar-refractivity contribution in [3.8, 4) is 0 Å². The molecule has 124 valence electrons. The zero-order valence-electron chi connectivity index (χ0n) is 12.2. The molecule has 2 aromatic heterocycles. The number of hydrogen-bond acceptors (Lipinski definition) is 5. The van der Waals surface area contributed by atoms with Gasteiger partial charge in [0.05, 0.1) is 26.3 Å². The molecule has 1 aromatic carbocycles. The van der Waals surface area contributed by atoms with Crippen LogP contribution in [-0.4, -0.2) is 15.4 Å². The first-order valence-electron chi connectivity index (χ1n) is 6.73. The molecule has 0 aliphatic heterocycles. The Morgan fingerprint density at radius 3 is 2.67 bits per heavy atom. The summed E-state index contributed by atoms with van der Waals surface area (Å²) in [6, 6.07) is 5.67. The topological polar surface area (TPSA) is 90.6 Å². The second-order valence-corrected chi connectivity index (χ2v) is 6.44. The summed E-state index contributed by atoms with van der Waals surface area (Å²) in [6.45, 7) is 2.40. The predicted molar refractivity (Wildman–Crippen MR) is 90.8 cm³/mol. The number of benzene rings is 1. The number of aryl methyl sites for hydroxylation is 1. The summed E-state index contributed by atoms with van der Waals surface area (Å²) in [5, 5.41) is 11.6. The molecule has 0 atom stereocenters. The molecule has 10 heteroatoms. The lowest BCUT2D eigenvalue weighted by Gasteiger charge is -2.02. The Balaban J connectivity index is 2.15. The molecule has 0 unspecified atom stereocenters. The standard InChI is InChI=1S/C14H9Cl2N3O4S/c1-2-18-11-7(15)3-4-8(16)12(11)24-14(18)17-13(20)9-5-6-10(23-9)19(21)22/h3-6H,2H2,1H3. The van der Waals surface area contributed by atoms with Gasteiger partial charge >= 0.3 is 11.8 Å². The van der Waals surface area contributed by atoms with Crippen molar-refractivity contribution >= 4 is 56.5 Å². The Morgan fingerprint density at radius 2 is 2.04 bits per heavy atom. The number of carbonyl (C=O) groups is 1. The monoisotopic (exact) mass is 385 g/mol. The number of thiazole rings is 1. The van der Waals surface area contributed by atoms with Gasteiger partial charge in [0.1, 0.15) is 4.92 Å². The van der Waals surface area contributed by atoms with Gasteiger partial charge in [-0.3, -0.25) is 14.9 Å². The van der Waals surface area contributed by atoms with E-state index in [9.17, 15) is 14.9 Å². The molecule has 7 nitrogen and oxygen atoms in total. The summed E-state index contributed by atoms with van der Waals surface area (Å²) in [5.41, 5.74) is 0.689. The van der Waals surface area contributed by atoms with Gasteiger partial charge in [0.2, 0.25) is 5.76 Å². The van der Waals surface area contributed by atoms with E-state index >= 15 is 0 Å². The van der Waals surface area contributed by atoms with Gasteiger partial charge < -0.3 is 8.98 Å². The van der Waals surface area contributed by atoms with Crippen LogP contribution >= 0.6 is 34.5 Å². The lowest BCUT2D eigenvalue weighted by molar-refractivity contribution is -0.402. The highest BCUT2D eigenvalue weighted by Crippen LogP contribution is 2.31. The predicted octanol–water partition coefficient (Wildman–Crippen LogP) is 4.27. The van der Waals surface area contributed by atoms with E-state index in [0.29, 0.717) is 31.6 Å². The maximum absolute atomic E-state index is 12.2. The van der Waals surface area contributed by atoms with Crippen molar-refractivity contribution in [2.24, 2.45) is 4.99 Å². The van der Waals surface area contributed by atoms with E-state index in [0.717, 1.165) is 6.07 Å². The fourth-order valence-electron chi connectivity index (χ4n) is 2.17. The highest BCUT2D eigenvalue weighted by atomic mass is 35.5. The van der Waals surface area contributed by atoms with Gasteiger partial charge in [-0.1, -0.05) is 34.5 Å². The number of nitro groups is 1. The number of furan rings is 1. The van der Waals surface area contributed by atoms with Gasteiger partial charge in [0.25, 0.3) is 0 Å². The Labute approximate surface area is 148 Å². The molecule has 0 N–H and O–H groups in total. The van der Waals surface area contributed by atoms with Crippen molar-refractivity contribution in [1.82, 2.24) is 4.57 Å². The minimum absolute atomic E-state index is 0.209. The van der Waals surface area contributed by atoms with Crippen LogP contribution in [-0.2, 0) is 6.54 Å². The van der Waals surface area contributed by atoms with E-state index in [1.807, 2.05) is 6.92 Å². The summed E-state index contributed by atoms with van der Waals surface area (Å²) in [6.07, 6.45) is 0. The van der Waals surface area contributed by atoms with E-state index in [1.54, 1.807) is 16.7 Å². The van der Waals surface area contributed by atoms with Crippen LogP contribution in [0.1, 0.15) is 17.5 Å². The number of aromatic nitrogens is 1. The van der Waals surface area contributed by atoms with Gasteiger partial charge in [0, 0.05) is 6.54 Å². The average Bonchev–Trinajstić information content (AvgIpc) is 3.16. The first-order chi connectivity index (χ1) is 11.4. The van der Waals surface area contributed by atoms with Gasteiger partial charge in [0.15, 0.2) is 4.80 Å². The van der Waals surface area contributed by atoms with Gasteiger partial charge in [-0.2, -0.15) is 4.99 Å². The fourth-order valence-corrected chi connectivity index (χ4v) is 3.88. The molecule has 0 bridgehead atoms. The molecule has 0 aliphatic carbocycles. The van der Waals surface area contributed by atoms with Gasteiger partial charge in [-0.05, 0) is 25.1 Å². The quantitative estimate of drug-likeness (QED) is 0.497. The van der Waals surface area contributed by atoms with E-state index in [2.05, 4.69) is 4.99 Å². The summed E-state index contributed by atoms with van der Waals surface area (Å²) >= 11 is 13.6. The van der Waals surface area contributed by atoms with Crippen molar-refractivity contribution in [2.75, 3.05) is 0 Å². The minimum Gasteiger partial charge on any atom is -0.395 e. The number of amides is 1. The molecule has 0 spiro atoms. The number of halogens is 2. The van der Waals surface area contributed by atoms with Crippen molar-refractivity contribution in [1.29, 1.82) is 0 Å². The molecule has 3 rings (SSSR count). The zero-order chi connectivity index (χ0) is 17.4. The van der Waals surface area contributed by atoms with Crippen LogP contribution in [0.5, 0.6) is 0 Å². The number of carbonyl (C=O) groups excluding carboxylic acids is 1. The molecule has 0 radical (unpaired) electrons. The van der Waals surface area contributed by atoms with Crippen molar-refractivity contribution in [3.63, 3.8) is 0 Å². The molecule has 0 aliphatic rings. The highest BCUT2D eigenvalue weighted by Gasteiger charge is 2.18. The van der Waals surface area contributed by atoms with Crippen LogP contribution in [0.25, 0.3) is 10.2 Å². The third-order valence-electron chi connectivity index (χ3n) is 3.22. The third kappa shape index (κ3) is 2.83. The number of hydrogen-bond donors (Lipinski definition) is 0. The van der Waals surface area contributed by atoms with Crippen molar-refractivity contribution in [3.05, 3.63) is 55.0 Å². The molecule has 0 saturated carbocycles. The lowest BCUT2D eigenvalue weighted by Crippen LogP contribution is -2.15. The maximum Gasteiger partial charge on any atom is 0.433 e. The second-order valence-electron chi connectivity index (χ2n) is 4.65. The normalized spacial score (nSPS) is 12.0. The molecule has 1 amide bonds. The fraction of sp³-hybridized carbons (Fsp3) is 0.143. The Bertz CT molecular complexity index is 1030. The number of nitrogens with zero attached hydrogens (tertiary/aromatic N) is 3. The number of fused-ring (bicyclic) bond motifs is 1. The van der Waals surface area contributed by atoms with Crippen LogP contribution in [0.3, 0.4) is 0 Å². The Hall–Kier alpha value is -2.16. The van der Waals surface area contributed by atoms with Crippen LogP contribution < -0.4 is 4.80 Å². The van der Waals surface area contributed by atoms with E-state index in [4.69, 9.17) is 27.6 Å². The zero-order valence-corrected chi connectivity index (χ0v) is 14.5. The van der Waals surface area contributed by atoms with Crippen molar-refractivity contribution < 1.29 is 14.1 Å². The maximum atomic E-state index is 12.2. The highest BCUT2D eigenvalue weighted by molar-refractivity contribution is 7.17. The Kier molecular flexibility index (Phi) is 4.44. The largest absolute Gasteiger partial charge is 0.433 e. The first-order valence-corrected chi connectivity index (χ1v) is 8.30. The summed E-state index contributed by atoms with van der Waals surface area (Å²) in [7, 11) is 0. The first kappa shape index (κ1) is 16.7. The third-order valence-corrected chi connectivity index (χ3v) is 5.07. The summed E-state index contributed by atoms with van der Waals surface area (Å²) < 4.78 is 7.34. The van der Waals surface area contributed by atoms with Gasteiger partial charge in [-0.25, -0.2) is 0 Å². The van der Waals surface area contributed by atoms with Crippen LogP contribution in [0.15, 0.2) is 33.7 Å². The minimum atomic E-state index is -0.720. The Morgan fingerprint density at radius 1 is 1.33 bits per heavy atom. The van der Waals surface area contributed by atoms with Crippen LogP contribution in [0.2, 0.25) is 10.0 Å². The van der Waals surface area contributed by atoms with Crippen LogP contribution in [0.4, 0.5) is 5.88 Å². The average molecular weight is 386 g/mol. The summed E-state index contributed by atoms with van der Waals surface area (Å²) in [4.78, 5) is 26.5. The summed E-state index contributed by atoms with van der Waals surface area (Å²) in [5.74, 6) is -1.44. The lowest BCUT2D eigenvalue weighted by atomic mass is 10.3. The second kappa shape index (κ2) is 6.39. The van der Waals surface area contributed by atoms with E-state index < -0.39 is 16.7 Å². The molecular formula is C14H9Cl2N3O4S. The molecule has 0 fully saturated rings. The molecule has 3 aromatic rings. The number of rotatable bonds is 3. The molecule has 0 saturated heterocycles. The molecular weight excluding hydrogens is 377 g/mol. The molecule has 24 heavy (non-hydrogen) atoms. The SMILES string of the molecule is CCn1c(=NC(=O)c2ccc([N+](=O)[O-])o2)sc2c(Cl)ccc(Cl)c21. The van der Waals surface area contributed by atoms with Gasteiger partial charge in [-0.15, -0.1) is 0 Å². The molecule has 2 heterocycles. The van der Waals surface area contributed by atoms with E-state index in [-0.39, 0.29) is 5.76 Å². The smallest absolute Gasteiger partial charge is 0.395 e. The van der Waals surface area contributed by atoms with Crippen LogP contribution in [0, 0.1) is 10.1 Å².